The molecule has 5 heteroatoms. The summed E-state index contributed by atoms with van der Waals surface area (Å²) in [5, 5.41) is 0. The Morgan fingerprint density at radius 3 is 2.40 bits per heavy atom. The highest BCUT2D eigenvalue weighted by Gasteiger charge is 2.17. The van der Waals surface area contributed by atoms with Crippen LogP contribution in [0, 0.1) is 6.92 Å². The number of methoxy groups -OCH3 is 1. The predicted octanol–water partition coefficient (Wildman–Crippen LogP) is 3.10. The van der Waals surface area contributed by atoms with Crippen LogP contribution in [-0.4, -0.2) is 31.9 Å². The van der Waals surface area contributed by atoms with Crippen LogP contribution in [0.5, 0.6) is 0 Å². The number of carbonyl (C=O) groups excluding carboxylic acids is 2. The molecule has 0 N–H and O–H groups in total. The van der Waals surface area contributed by atoms with E-state index in [4.69, 9.17) is 9.47 Å². The maximum absolute atomic E-state index is 12.0. The van der Waals surface area contributed by atoms with Crippen LogP contribution in [0.15, 0.2) is 24.3 Å². The highest BCUT2D eigenvalue weighted by molar-refractivity contribution is 5.89. The molecular formula is C15H20O5. The molecule has 0 saturated heterocycles. The number of hydrogen-bond donors (Lipinski definition) is 0. The third-order valence-electron chi connectivity index (χ3n) is 2.73. The Kier molecular flexibility index (Phi) is 6.56. The van der Waals surface area contributed by atoms with E-state index in [9.17, 15) is 9.59 Å². The van der Waals surface area contributed by atoms with Crippen LogP contribution in [0.2, 0.25) is 0 Å². The van der Waals surface area contributed by atoms with Gasteiger partial charge in [0.05, 0.1) is 12.7 Å². The Balaban J connectivity index is 2.57. The molecule has 5 nitrogen and oxygen atoms in total. The quantitative estimate of drug-likeness (QED) is 0.749. The first-order valence-electron chi connectivity index (χ1n) is 6.55. The molecule has 0 radical (unpaired) electrons. The molecule has 1 aromatic rings. The van der Waals surface area contributed by atoms with Crippen molar-refractivity contribution in [1.82, 2.24) is 0 Å². The Labute approximate surface area is 118 Å². The lowest BCUT2D eigenvalue weighted by Crippen LogP contribution is -2.25. The molecule has 0 fully saturated rings. The summed E-state index contributed by atoms with van der Waals surface area (Å²) in [6.45, 7) is 3.90. The predicted molar refractivity (Wildman–Crippen MR) is 73.6 cm³/mol. The lowest BCUT2D eigenvalue weighted by molar-refractivity contribution is -0.00500. The van der Waals surface area contributed by atoms with Crippen LogP contribution >= 0.6 is 0 Å². The summed E-state index contributed by atoms with van der Waals surface area (Å²) >= 11 is 0. The van der Waals surface area contributed by atoms with E-state index in [-0.39, 0.29) is 6.61 Å². The molecule has 0 aliphatic carbocycles. The Hall–Kier alpha value is -2.04. The first kappa shape index (κ1) is 16.0. The van der Waals surface area contributed by atoms with Crippen molar-refractivity contribution in [2.75, 3.05) is 13.7 Å². The third-order valence-corrected chi connectivity index (χ3v) is 2.73. The van der Waals surface area contributed by atoms with Crippen molar-refractivity contribution < 1.29 is 23.8 Å². The lowest BCUT2D eigenvalue weighted by atomic mass is 10.1. The van der Waals surface area contributed by atoms with Crippen molar-refractivity contribution in [3.8, 4) is 0 Å². The van der Waals surface area contributed by atoms with Gasteiger partial charge in [0.15, 0.2) is 0 Å². The number of aryl methyl sites for hydroxylation is 1. The third kappa shape index (κ3) is 5.30. The number of hydrogen-bond acceptors (Lipinski definition) is 5. The van der Waals surface area contributed by atoms with Gasteiger partial charge in [-0.05, 0) is 25.5 Å². The van der Waals surface area contributed by atoms with Crippen molar-refractivity contribution in [3.63, 3.8) is 0 Å². The van der Waals surface area contributed by atoms with E-state index in [2.05, 4.69) is 4.74 Å². The zero-order valence-corrected chi connectivity index (χ0v) is 12.0. The van der Waals surface area contributed by atoms with Gasteiger partial charge in [0, 0.05) is 0 Å². The summed E-state index contributed by atoms with van der Waals surface area (Å²) in [5.41, 5.74) is 1.55. The second-order valence-corrected chi connectivity index (χ2v) is 4.45. The van der Waals surface area contributed by atoms with E-state index in [1.54, 1.807) is 12.1 Å². The topological polar surface area (TPSA) is 61.8 Å². The van der Waals surface area contributed by atoms with Crippen LogP contribution in [0.3, 0.4) is 0 Å². The molecule has 1 aromatic carbocycles. The van der Waals surface area contributed by atoms with Gasteiger partial charge < -0.3 is 14.2 Å². The number of carbonyl (C=O) groups is 2. The molecule has 0 bridgehead atoms. The molecule has 0 heterocycles. The van der Waals surface area contributed by atoms with Crippen molar-refractivity contribution >= 4 is 12.1 Å². The zero-order chi connectivity index (χ0) is 15.0. The lowest BCUT2D eigenvalue weighted by Gasteiger charge is -2.17. The van der Waals surface area contributed by atoms with Gasteiger partial charge in [-0.15, -0.1) is 0 Å². The minimum absolute atomic E-state index is 0.00187. The smallest absolute Gasteiger partial charge is 0.455 e. The zero-order valence-electron chi connectivity index (χ0n) is 12.0. The molecular weight excluding hydrogens is 260 g/mol. The summed E-state index contributed by atoms with van der Waals surface area (Å²) in [5.74, 6) is -0.420. The average molecular weight is 280 g/mol. The Morgan fingerprint density at radius 2 is 1.85 bits per heavy atom. The number of esters is 1. The molecule has 0 saturated carbocycles. The highest BCUT2D eigenvalue weighted by atomic mass is 16.7. The largest absolute Gasteiger partial charge is 0.508 e. The summed E-state index contributed by atoms with van der Waals surface area (Å²) in [6.07, 6.45) is 0.190. The van der Waals surface area contributed by atoms with Crippen LogP contribution in [-0.2, 0) is 14.2 Å². The van der Waals surface area contributed by atoms with Crippen molar-refractivity contribution in [2.45, 2.75) is 32.8 Å². The van der Waals surface area contributed by atoms with Gasteiger partial charge >= 0.3 is 12.1 Å². The fourth-order valence-corrected chi connectivity index (χ4v) is 1.63. The molecule has 0 aliphatic rings. The van der Waals surface area contributed by atoms with Crippen molar-refractivity contribution in [1.29, 1.82) is 0 Å². The number of ether oxygens (including phenoxy) is 3. The van der Waals surface area contributed by atoms with Crippen molar-refractivity contribution in [3.05, 3.63) is 35.4 Å². The van der Waals surface area contributed by atoms with Gasteiger partial charge in [-0.2, -0.15) is 0 Å². The summed E-state index contributed by atoms with van der Waals surface area (Å²) in [6, 6.07) is 7.11. The Morgan fingerprint density at radius 1 is 1.20 bits per heavy atom. The molecule has 1 unspecified atom stereocenters. The molecule has 0 aromatic heterocycles. The summed E-state index contributed by atoms with van der Waals surface area (Å²) in [4.78, 5) is 22.9. The molecule has 20 heavy (non-hydrogen) atoms. The second-order valence-electron chi connectivity index (χ2n) is 4.45. The van der Waals surface area contributed by atoms with Crippen LogP contribution < -0.4 is 0 Å². The molecule has 0 aliphatic heterocycles. The van der Waals surface area contributed by atoms with E-state index >= 15 is 0 Å². The SMILES string of the molecule is CCCC(COC(=O)OC)OC(=O)c1ccc(C)cc1. The van der Waals surface area contributed by atoms with E-state index < -0.39 is 18.2 Å². The van der Waals surface area contributed by atoms with E-state index in [1.807, 2.05) is 26.0 Å². The van der Waals surface area contributed by atoms with Crippen molar-refractivity contribution in [2.24, 2.45) is 0 Å². The van der Waals surface area contributed by atoms with E-state index in [1.165, 1.54) is 7.11 Å². The standard InChI is InChI=1S/C15H20O5/c1-4-5-13(10-19-15(17)18-3)20-14(16)12-8-6-11(2)7-9-12/h6-9,13H,4-5,10H2,1-3H3. The fraction of sp³-hybridized carbons (Fsp3) is 0.467. The maximum atomic E-state index is 12.0. The van der Waals surface area contributed by atoms with Crippen LogP contribution in [0.4, 0.5) is 4.79 Å². The minimum atomic E-state index is -0.780. The van der Waals surface area contributed by atoms with Crippen LogP contribution in [0.1, 0.15) is 35.7 Å². The normalized spacial score (nSPS) is 11.6. The summed E-state index contributed by atoms with van der Waals surface area (Å²) < 4.78 is 14.5. The minimum Gasteiger partial charge on any atom is -0.455 e. The number of rotatable bonds is 6. The van der Waals surface area contributed by atoms with E-state index in [0.717, 1.165) is 12.0 Å². The van der Waals surface area contributed by atoms with Crippen LogP contribution in [0.25, 0.3) is 0 Å². The molecule has 1 atom stereocenters. The van der Waals surface area contributed by atoms with Gasteiger partial charge in [0.2, 0.25) is 0 Å². The maximum Gasteiger partial charge on any atom is 0.508 e. The van der Waals surface area contributed by atoms with Gasteiger partial charge in [0.1, 0.15) is 12.7 Å². The summed E-state index contributed by atoms with van der Waals surface area (Å²) in [7, 11) is 1.23. The second kappa shape index (κ2) is 8.19. The number of benzene rings is 1. The van der Waals surface area contributed by atoms with Gasteiger partial charge in [0.25, 0.3) is 0 Å². The average Bonchev–Trinajstić information content (AvgIpc) is 2.45. The van der Waals surface area contributed by atoms with Gasteiger partial charge in [-0.25, -0.2) is 9.59 Å². The molecule has 1 rings (SSSR count). The van der Waals surface area contributed by atoms with Gasteiger partial charge in [-0.1, -0.05) is 31.0 Å². The monoisotopic (exact) mass is 280 g/mol. The molecule has 0 amide bonds. The molecule has 110 valence electrons. The molecule has 0 spiro atoms. The van der Waals surface area contributed by atoms with E-state index in [0.29, 0.717) is 12.0 Å². The first-order chi connectivity index (χ1) is 9.56. The highest BCUT2D eigenvalue weighted by Crippen LogP contribution is 2.10. The fourth-order valence-electron chi connectivity index (χ4n) is 1.63. The Bertz CT molecular complexity index is 438. The first-order valence-corrected chi connectivity index (χ1v) is 6.55. The van der Waals surface area contributed by atoms with Gasteiger partial charge in [-0.3, -0.25) is 0 Å².